The molecule has 3 N–H and O–H groups in total. The van der Waals surface area contributed by atoms with Crippen LogP contribution in [0.5, 0.6) is 0 Å². The standard InChI is InChI=1S/C21H30N4O2/c1-17-7-3-4-8-18(17)15-23-11-13-24(14-12-23)16-25-19(26)21(22-20(25)27)9-5-2-6-10-21/h3-4,7-8H,2,5-6,9-16H2,1H3,(H,22,27)/p+2. The van der Waals surface area contributed by atoms with Crippen LogP contribution in [0.2, 0.25) is 0 Å². The van der Waals surface area contributed by atoms with Crippen LogP contribution in [0.3, 0.4) is 0 Å². The molecule has 3 fully saturated rings. The van der Waals surface area contributed by atoms with Gasteiger partial charge >= 0.3 is 6.03 Å². The number of aryl methyl sites for hydroxylation is 1. The molecule has 3 amide bonds. The number of nitrogens with zero attached hydrogens (tertiary/aromatic N) is 1. The van der Waals surface area contributed by atoms with Gasteiger partial charge in [0.15, 0.2) is 6.67 Å². The molecule has 0 unspecified atom stereocenters. The maximum atomic E-state index is 12.9. The van der Waals surface area contributed by atoms with Crippen LogP contribution in [0, 0.1) is 6.92 Å². The van der Waals surface area contributed by atoms with Crippen LogP contribution in [0.15, 0.2) is 24.3 Å². The van der Waals surface area contributed by atoms with Crippen molar-refractivity contribution in [1.82, 2.24) is 10.2 Å². The van der Waals surface area contributed by atoms with E-state index in [0.29, 0.717) is 6.67 Å². The highest BCUT2D eigenvalue weighted by atomic mass is 16.2. The molecule has 1 aromatic carbocycles. The highest BCUT2D eigenvalue weighted by Crippen LogP contribution is 2.33. The summed E-state index contributed by atoms with van der Waals surface area (Å²) >= 11 is 0. The summed E-state index contributed by atoms with van der Waals surface area (Å²) in [5, 5.41) is 3.03. The van der Waals surface area contributed by atoms with Gasteiger partial charge in [-0.1, -0.05) is 43.5 Å². The summed E-state index contributed by atoms with van der Waals surface area (Å²) in [7, 11) is 0. The molecule has 2 saturated heterocycles. The van der Waals surface area contributed by atoms with Crippen LogP contribution in [0.4, 0.5) is 4.79 Å². The van der Waals surface area contributed by atoms with Crippen LogP contribution < -0.4 is 15.1 Å². The molecule has 146 valence electrons. The molecule has 3 aliphatic rings. The molecule has 0 radical (unpaired) electrons. The lowest BCUT2D eigenvalue weighted by Gasteiger charge is -2.32. The number of hydrogen-bond donors (Lipinski definition) is 3. The predicted octanol–water partition coefficient (Wildman–Crippen LogP) is -0.509. The van der Waals surface area contributed by atoms with Crippen molar-refractivity contribution in [2.75, 3.05) is 32.8 Å². The van der Waals surface area contributed by atoms with Gasteiger partial charge in [0.2, 0.25) is 0 Å². The smallest absolute Gasteiger partial charge is 0.323 e. The van der Waals surface area contributed by atoms with E-state index in [1.165, 1.54) is 27.3 Å². The average Bonchev–Trinajstić information content (AvgIpc) is 2.90. The van der Waals surface area contributed by atoms with Crippen LogP contribution >= 0.6 is 0 Å². The first-order chi connectivity index (χ1) is 13.1. The van der Waals surface area contributed by atoms with E-state index in [0.717, 1.165) is 58.4 Å². The van der Waals surface area contributed by atoms with E-state index in [1.54, 1.807) is 4.90 Å². The van der Waals surface area contributed by atoms with E-state index in [9.17, 15) is 9.59 Å². The van der Waals surface area contributed by atoms with Gasteiger partial charge in [-0.15, -0.1) is 0 Å². The zero-order valence-electron chi connectivity index (χ0n) is 16.4. The van der Waals surface area contributed by atoms with Crippen molar-refractivity contribution in [3.8, 4) is 0 Å². The van der Waals surface area contributed by atoms with Gasteiger partial charge in [0.1, 0.15) is 38.3 Å². The lowest BCUT2D eigenvalue weighted by atomic mass is 9.82. The lowest BCUT2D eigenvalue weighted by molar-refractivity contribution is -1.02. The first kappa shape index (κ1) is 18.4. The van der Waals surface area contributed by atoms with Crippen molar-refractivity contribution < 1.29 is 19.4 Å². The topological polar surface area (TPSA) is 58.3 Å². The minimum Gasteiger partial charge on any atom is -0.323 e. The van der Waals surface area contributed by atoms with Crippen molar-refractivity contribution in [3.63, 3.8) is 0 Å². The van der Waals surface area contributed by atoms with Gasteiger partial charge in [-0.2, -0.15) is 0 Å². The molecular weight excluding hydrogens is 340 g/mol. The van der Waals surface area contributed by atoms with E-state index < -0.39 is 5.54 Å². The quantitative estimate of drug-likeness (QED) is 0.624. The number of nitrogens with one attached hydrogen (secondary N) is 3. The number of quaternary nitrogens is 2. The number of piperazine rings is 1. The molecule has 1 aromatic rings. The first-order valence-corrected chi connectivity index (χ1v) is 10.4. The summed E-state index contributed by atoms with van der Waals surface area (Å²) < 4.78 is 0. The minimum atomic E-state index is -0.591. The first-order valence-electron chi connectivity index (χ1n) is 10.4. The molecule has 0 bridgehead atoms. The normalized spacial score (nSPS) is 27.8. The van der Waals surface area contributed by atoms with Gasteiger partial charge in [-0.05, 0) is 25.3 Å². The lowest BCUT2D eigenvalue weighted by Crippen LogP contribution is -3.28. The zero-order valence-corrected chi connectivity index (χ0v) is 16.4. The molecule has 2 aliphatic heterocycles. The van der Waals surface area contributed by atoms with E-state index in [-0.39, 0.29) is 11.9 Å². The fraction of sp³-hybridized carbons (Fsp3) is 0.619. The maximum Gasteiger partial charge on any atom is 0.329 e. The van der Waals surface area contributed by atoms with E-state index >= 15 is 0 Å². The number of carbonyl (C=O) groups excluding carboxylic acids is 2. The van der Waals surface area contributed by atoms with Crippen molar-refractivity contribution in [1.29, 1.82) is 0 Å². The van der Waals surface area contributed by atoms with Gasteiger partial charge in [0.25, 0.3) is 5.91 Å². The Hall–Kier alpha value is -1.92. The molecule has 0 atom stereocenters. The second-order valence-electron chi connectivity index (χ2n) is 8.57. The fourth-order valence-corrected chi connectivity index (χ4v) is 4.91. The second-order valence-corrected chi connectivity index (χ2v) is 8.57. The molecule has 1 spiro atoms. The van der Waals surface area contributed by atoms with Crippen molar-refractivity contribution in [2.45, 2.75) is 51.1 Å². The Labute approximate surface area is 161 Å². The Morgan fingerprint density at radius 2 is 1.67 bits per heavy atom. The number of imide groups is 1. The average molecular weight is 373 g/mol. The molecule has 0 aromatic heterocycles. The van der Waals surface area contributed by atoms with Crippen LogP contribution in [-0.4, -0.2) is 55.2 Å². The van der Waals surface area contributed by atoms with Gasteiger partial charge < -0.3 is 15.1 Å². The van der Waals surface area contributed by atoms with Crippen molar-refractivity contribution in [2.24, 2.45) is 0 Å². The monoisotopic (exact) mass is 372 g/mol. The minimum absolute atomic E-state index is 0.0226. The van der Waals surface area contributed by atoms with Gasteiger partial charge in [-0.25, -0.2) is 9.69 Å². The summed E-state index contributed by atoms with van der Waals surface area (Å²) in [6.07, 6.45) is 4.85. The molecule has 1 saturated carbocycles. The van der Waals surface area contributed by atoms with Crippen LogP contribution in [0.1, 0.15) is 43.2 Å². The van der Waals surface area contributed by atoms with Crippen LogP contribution in [-0.2, 0) is 11.3 Å². The third-order valence-electron chi connectivity index (χ3n) is 6.70. The number of carbonyl (C=O) groups is 2. The third-order valence-corrected chi connectivity index (χ3v) is 6.70. The number of urea groups is 1. The van der Waals surface area contributed by atoms with E-state index in [2.05, 4.69) is 36.5 Å². The molecule has 6 heteroatoms. The Balaban J connectivity index is 1.31. The van der Waals surface area contributed by atoms with Gasteiger partial charge in [0, 0.05) is 5.56 Å². The number of amides is 3. The third kappa shape index (κ3) is 3.73. The molecule has 1 aliphatic carbocycles. The highest BCUT2D eigenvalue weighted by Gasteiger charge is 2.52. The molecule has 4 rings (SSSR count). The Morgan fingerprint density at radius 3 is 2.37 bits per heavy atom. The maximum absolute atomic E-state index is 12.9. The highest BCUT2D eigenvalue weighted by molar-refractivity contribution is 6.06. The predicted molar refractivity (Wildman–Crippen MR) is 102 cm³/mol. The largest absolute Gasteiger partial charge is 0.329 e. The summed E-state index contributed by atoms with van der Waals surface area (Å²) in [5.41, 5.74) is 2.19. The SMILES string of the molecule is Cc1ccccc1C[NH+]1CC[NH+](CN2C(=O)NC3(CCCCC3)C2=O)CC1. The Morgan fingerprint density at radius 1 is 1.00 bits per heavy atom. The molecule has 6 nitrogen and oxygen atoms in total. The number of benzene rings is 1. The summed E-state index contributed by atoms with van der Waals surface area (Å²) in [6, 6.07) is 8.42. The Bertz CT molecular complexity index is 706. The molecule has 2 heterocycles. The van der Waals surface area contributed by atoms with E-state index in [4.69, 9.17) is 0 Å². The van der Waals surface area contributed by atoms with Crippen molar-refractivity contribution >= 4 is 11.9 Å². The number of hydrogen-bond acceptors (Lipinski definition) is 2. The Kier molecular flexibility index (Phi) is 5.19. The summed E-state index contributed by atoms with van der Waals surface area (Å²) in [4.78, 5) is 29.8. The molecular formula is C21H32N4O2+2. The second kappa shape index (κ2) is 7.60. The van der Waals surface area contributed by atoms with Crippen LogP contribution in [0.25, 0.3) is 0 Å². The van der Waals surface area contributed by atoms with E-state index in [1.807, 2.05) is 0 Å². The summed E-state index contributed by atoms with van der Waals surface area (Å²) in [5.74, 6) is 0.0226. The molecule has 27 heavy (non-hydrogen) atoms. The van der Waals surface area contributed by atoms with Gasteiger partial charge in [-0.3, -0.25) is 4.79 Å². The van der Waals surface area contributed by atoms with Crippen molar-refractivity contribution in [3.05, 3.63) is 35.4 Å². The summed E-state index contributed by atoms with van der Waals surface area (Å²) in [6.45, 7) is 7.93. The fourth-order valence-electron chi connectivity index (χ4n) is 4.91. The van der Waals surface area contributed by atoms with Gasteiger partial charge in [0.05, 0.1) is 0 Å². The zero-order chi connectivity index (χ0) is 18.9. The number of rotatable bonds is 4.